The molecule has 0 unspecified atom stereocenters. The first kappa shape index (κ1) is 22.4. The minimum absolute atomic E-state index is 0.112. The molecule has 28 heavy (non-hydrogen) atoms. The number of benzene rings is 2. The molecule has 0 spiro atoms. The Morgan fingerprint density at radius 3 is 1.79 bits per heavy atom. The van der Waals surface area contributed by atoms with E-state index in [0.29, 0.717) is 11.5 Å². The molecule has 0 saturated heterocycles. The fourth-order valence-corrected chi connectivity index (χ4v) is 2.71. The molecule has 0 amide bonds. The summed E-state index contributed by atoms with van der Waals surface area (Å²) >= 11 is 5.54. The zero-order chi connectivity index (χ0) is 20.8. The van der Waals surface area contributed by atoms with Crippen LogP contribution >= 0.6 is 11.6 Å². The van der Waals surface area contributed by atoms with Crippen LogP contribution in [0.1, 0.15) is 31.4 Å². The Hall–Kier alpha value is -1.92. The molecule has 0 saturated carbocycles. The van der Waals surface area contributed by atoms with Gasteiger partial charge in [0.05, 0.1) is 18.9 Å². The van der Waals surface area contributed by atoms with Crippen LogP contribution in [0.5, 0.6) is 11.5 Å². The van der Waals surface area contributed by atoms with Gasteiger partial charge in [0.15, 0.2) is 0 Å². The van der Waals surface area contributed by atoms with Crippen LogP contribution in [0.15, 0.2) is 48.5 Å². The quantitative estimate of drug-likeness (QED) is 0.562. The van der Waals surface area contributed by atoms with Crippen LogP contribution in [0.3, 0.4) is 0 Å². The second-order valence-corrected chi connectivity index (χ2v) is 7.32. The summed E-state index contributed by atoms with van der Waals surface area (Å²) in [5.74, 6) is 1.16. The monoisotopic (exact) mass is 416 g/mol. The molecule has 0 heterocycles. The third-order valence-corrected chi connectivity index (χ3v) is 4.78. The zero-order valence-corrected chi connectivity index (χ0v) is 16.6. The summed E-state index contributed by atoms with van der Waals surface area (Å²) in [6.07, 6.45) is -5.91. The van der Waals surface area contributed by atoms with Gasteiger partial charge in [0, 0.05) is 5.41 Å². The van der Waals surface area contributed by atoms with Crippen molar-refractivity contribution in [3.63, 3.8) is 0 Å². The predicted octanol–water partition coefficient (Wildman–Crippen LogP) is 5.32. The van der Waals surface area contributed by atoms with Gasteiger partial charge >= 0.3 is 6.18 Å². The summed E-state index contributed by atoms with van der Waals surface area (Å²) < 4.78 is 47.2. The van der Waals surface area contributed by atoms with Crippen LogP contribution in [0.4, 0.5) is 13.2 Å². The lowest BCUT2D eigenvalue weighted by atomic mass is 9.78. The van der Waals surface area contributed by atoms with Crippen molar-refractivity contribution in [1.82, 2.24) is 0 Å². The molecule has 0 aliphatic carbocycles. The fourth-order valence-electron chi connectivity index (χ4n) is 2.62. The summed E-state index contributed by atoms with van der Waals surface area (Å²) in [6, 6.07) is 14.6. The van der Waals surface area contributed by atoms with Crippen LogP contribution in [0.25, 0.3) is 0 Å². The maximum Gasteiger partial charge on any atom is 0.392 e. The summed E-state index contributed by atoms with van der Waals surface area (Å²) in [5, 5.41) is 9.45. The van der Waals surface area contributed by atoms with Gasteiger partial charge < -0.3 is 14.6 Å². The van der Waals surface area contributed by atoms with Gasteiger partial charge in [-0.25, -0.2) is 0 Å². The second kappa shape index (κ2) is 9.52. The number of rotatable bonds is 9. The van der Waals surface area contributed by atoms with Crippen molar-refractivity contribution in [1.29, 1.82) is 0 Å². The molecule has 7 heteroatoms. The lowest BCUT2D eigenvalue weighted by Crippen LogP contribution is -2.20. The number of ether oxygens (including phenoxy) is 2. The Bertz CT molecular complexity index is 728. The topological polar surface area (TPSA) is 38.7 Å². The van der Waals surface area contributed by atoms with Gasteiger partial charge in [-0.1, -0.05) is 38.1 Å². The van der Waals surface area contributed by atoms with E-state index in [-0.39, 0.29) is 17.9 Å². The maximum absolute atomic E-state index is 12.2. The minimum Gasteiger partial charge on any atom is -0.493 e. The minimum atomic E-state index is -4.22. The molecule has 0 fully saturated rings. The highest BCUT2D eigenvalue weighted by Crippen LogP contribution is 2.33. The Labute approximate surface area is 168 Å². The highest BCUT2D eigenvalue weighted by Gasteiger charge is 2.27. The molecule has 0 radical (unpaired) electrons. The molecule has 154 valence electrons. The summed E-state index contributed by atoms with van der Waals surface area (Å²) in [4.78, 5) is 0. The molecule has 1 N–H and O–H groups in total. The van der Waals surface area contributed by atoms with Crippen molar-refractivity contribution in [3.8, 4) is 11.5 Å². The van der Waals surface area contributed by atoms with E-state index in [2.05, 4.69) is 13.8 Å². The maximum atomic E-state index is 12.2. The van der Waals surface area contributed by atoms with E-state index in [4.69, 9.17) is 21.1 Å². The number of halogens is 4. The SMILES string of the molecule is CC(C)(c1ccc(OCCC(F)(F)F)cc1)c1ccc(OC[C@H](O)CCl)cc1. The molecule has 2 aromatic carbocycles. The van der Waals surface area contributed by atoms with Crippen LogP contribution < -0.4 is 9.47 Å². The second-order valence-electron chi connectivity index (χ2n) is 7.01. The van der Waals surface area contributed by atoms with Crippen LogP contribution in [-0.2, 0) is 5.41 Å². The number of hydrogen-bond acceptors (Lipinski definition) is 3. The Morgan fingerprint density at radius 2 is 1.36 bits per heavy atom. The summed E-state index contributed by atoms with van der Waals surface area (Å²) in [6.45, 7) is 3.84. The number of alkyl halides is 4. The van der Waals surface area contributed by atoms with Gasteiger partial charge in [0.2, 0.25) is 0 Å². The Kier molecular flexibility index (Phi) is 7.61. The average Bonchev–Trinajstić information content (AvgIpc) is 2.66. The third kappa shape index (κ3) is 6.60. The van der Waals surface area contributed by atoms with Crippen LogP contribution in [-0.4, -0.2) is 36.5 Å². The van der Waals surface area contributed by atoms with Crippen molar-refractivity contribution in [2.75, 3.05) is 19.1 Å². The lowest BCUT2D eigenvalue weighted by molar-refractivity contribution is -0.139. The largest absolute Gasteiger partial charge is 0.493 e. The number of aliphatic hydroxyl groups is 1. The molecule has 2 aromatic rings. The third-order valence-electron chi connectivity index (χ3n) is 4.43. The zero-order valence-electron chi connectivity index (χ0n) is 15.8. The number of aliphatic hydroxyl groups excluding tert-OH is 1. The van der Waals surface area contributed by atoms with E-state index in [0.717, 1.165) is 11.1 Å². The molecule has 2 rings (SSSR count). The average molecular weight is 417 g/mol. The lowest BCUT2D eigenvalue weighted by Gasteiger charge is -2.26. The Balaban J connectivity index is 2.01. The first-order valence-corrected chi connectivity index (χ1v) is 9.43. The molecule has 1 atom stereocenters. The van der Waals surface area contributed by atoms with Crippen molar-refractivity contribution >= 4 is 11.6 Å². The first-order chi connectivity index (χ1) is 13.1. The molecule has 0 aliphatic rings. The molecule has 0 aliphatic heterocycles. The van der Waals surface area contributed by atoms with Gasteiger partial charge in [-0.3, -0.25) is 0 Å². The molecular formula is C21H24ClF3O3. The first-order valence-electron chi connectivity index (χ1n) is 8.89. The van der Waals surface area contributed by atoms with Gasteiger partial charge in [0.25, 0.3) is 0 Å². The number of hydrogen-bond donors (Lipinski definition) is 1. The van der Waals surface area contributed by atoms with Crippen molar-refractivity contribution in [2.24, 2.45) is 0 Å². The van der Waals surface area contributed by atoms with Crippen LogP contribution in [0.2, 0.25) is 0 Å². The fraction of sp³-hybridized carbons (Fsp3) is 0.429. The van der Waals surface area contributed by atoms with Gasteiger partial charge in [-0.2, -0.15) is 13.2 Å². The predicted molar refractivity (Wildman–Crippen MR) is 103 cm³/mol. The van der Waals surface area contributed by atoms with Gasteiger partial charge in [-0.15, -0.1) is 11.6 Å². The molecule has 3 nitrogen and oxygen atoms in total. The molecule has 0 bridgehead atoms. The van der Waals surface area contributed by atoms with Crippen LogP contribution in [0, 0.1) is 0 Å². The van der Waals surface area contributed by atoms with E-state index in [9.17, 15) is 18.3 Å². The van der Waals surface area contributed by atoms with E-state index in [1.54, 1.807) is 12.1 Å². The van der Waals surface area contributed by atoms with E-state index < -0.39 is 25.3 Å². The summed E-state index contributed by atoms with van der Waals surface area (Å²) in [7, 11) is 0. The van der Waals surface area contributed by atoms with Gasteiger partial charge in [-0.05, 0) is 35.4 Å². The normalized spacial score (nSPS) is 13.2. The van der Waals surface area contributed by atoms with E-state index >= 15 is 0 Å². The van der Waals surface area contributed by atoms with Crippen molar-refractivity contribution < 1.29 is 27.8 Å². The van der Waals surface area contributed by atoms with Crippen molar-refractivity contribution in [2.45, 2.75) is 38.0 Å². The van der Waals surface area contributed by atoms with E-state index in [1.807, 2.05) is 36.4 Å². The summed E-state index contributed by atoms with van der Waals surface area (Å²) in [5.41, 5.74) is 1.73. The highest BCUT2D eigenvalue weighted by atomic mass is 35.5. The Morgan fingerprint density at radius 1 is 0.893 bits per heavy atom. The van der Waals surface area contributed by atoms with Crippen molar-refractivity contribution in [3.05, 3.63) is 59.7 Å². The highest BCUT2D eigenvalue weighted by molar-refractivity contribution is 6.18. The van der Waals surface area contributed by atoms with E-state index in [1.165, 1.54) is 0 Å². The molecule has 0 aromatic heterocycles. The smallest absolute Gasteiger partial charge is 0.392 e. The molecular weight excluding hydrogens is 393 g/mol. The van der Waals surface area contributed by atoms with Gasteiger partial charge in [0.1, 0.15) is 24.2 Å². The standard InChI is InChI=1S/C21H24ClF3O3/c1-20(2,16-5-9-19(10-6-16)28-14-17(26)13-22)15-3-7-18(8-4-15)27-12-11-21(23,24)25/h3-10,17,26H,11-14H2,1-2H3/t17-/m1/s1.